The van der Waals surface area contributed by atoms with Crippen molar-refractivity contribution >= 4 is 12.0 Å². The lowest BCUT2D eigenvalue weighted by Crippen LogP contribution is -2.56. The van der Waals surface area contributed by atoms with Crippen LogP contribution in [0.2, 0.25) is 0 Å². The molecule has 1 aliphatic rings. The molecule has 1 aliphatic heterocycles. The van der Waals surface area contributed by atoms with E-state index in [1.807, 2.05) is 13.8 Å². The van der Waals surface area contributed by atoms with Gasteiger partial charge < -0.3 is 15.0 Å². The number of carbonyl (C=O) groups is 2. The van der Waals surface area contributed by atoms with E-state index >= 15 is 0 Å². The van der Waals surface area contributed by atoms with E-state index in [9.17, 15) is 18.4 Å². The summed E-state index contributed by atoms with van der Waals surface area (Å²) in [5, 5.41) is 2.76. The van der Waals surface area contributed by atoms with Crippen LogP contribution in [0.5, 0.6) is 0 Å². The number of nitrogens with one attached hydrogen (secondary N) is 1. The highest BCUT2D eigenvalue weighted by Crippen LogP contribution is 2.30. The van der Waals surface area contributed by atoms with Crippen molar-refractivity contribution in [3.05, 3.63) is 71.3 Å². The third-order valence-electron chi connectivity index (χ3n) is 6.06. The predicted octanol–water partition coefficient (Wildman–Crippen LogP) is 5.14. The van der Waals surface area contributed by atoms with Gasteiger partial charge in [-0.05, 0) is 68.5 Å². The van der Waals surface area contributed by atoms with Crippen LogP contribution in [0, 0.1) is 17.6 Å². The van der Waals surface area contributed by atoms with Crippen LogP contribution in [0.4, 0.5) is 13.6 Å². The maximum atomic E-state index is 13.6. The second kappa shape index (κ2) is 11.8. The first-order valence-electron chi connectivity index (χ1n) is 12.5. The highest BCUT2D eigenvalue weighted by molar-refractivity contribution is 5.85. The van der Waals surface area contributed by atoms with E-state index in [1.165, 1.54) is 24.3 Å². The third kappa shape index (κ3) is 7.75. The van der Waals surface area contributed by atoms with Crippen molar-refractivity contribution in [2.45, 2.75) is 58.7 Å². The van der Waals surface area contributed by atoms with Gasteiger partial charge in [0.05, 0.1) is 6.04 Å². The van der Waals surface area contributed by atoms with Crippen molar-refractivity contribution in [1.82, 2.24) is 15.1 Å². The van der Waals surface area contributed by atoms with Crippen LogP contribution >= 0.6 is 0 Å². The number of hydrogen-bond acceptors (Lipinski definition) is 4. The average molecular weight is 502 g/mol. The number of halogens is 2. The lowest BCUT2D eigenvalue weighted by molar-refractivity contribution is -0.135. The second-order valence-electron chi connectivity index (χ2n) is 10.7. The van der Waals surface area contributed by atoms with E-state index in [0.29, 0.717) is 32.6 Å². The number of piperazine rings is 1. The number of hydrogen-bond donors (Lipinski definition) is 1. The number of amides is 2. The molecule has 0 aliphatic carbocycles. The smallest absolute Gasteiger partial charge is 0.408 e. The fraction of sp³-hybridized carbons (Fsp3) is 0.500. The quantitative estimate of drug-likeness (QED) is 0.571. The van der Waals surface area contributed by atoms with Crippen molar-refractivity contribution < 1.29 is 23.1 Å². The number of ether oxygens (including phenoxy) is 1. The Morgan fingerprint density at radius 3 is 1.78 bits per heavy atom. The van der Waals surface area contributed by atoms with Crippen LogP contribution in [-0.4, -0.2) is 59.6 Å². The topological polar surface area (TPSA) is 61.9 Å². The van der Waals surface area contributed by atoms with Gasteiger partial charge in [-0.1, -0.05) is 38.1 Å². The summed E-state index contributed by atoms with van der Waals surface area (Å²) in [6, 6.07) is 11.8. The van der Waals surface area contributed by atoms with E-state index in [4.69, 9.17) is 4.74 Å². The summed E-state index contributed by atoms with van der Waals surface area (Å²) >= 11 is 0. The van der Waals surface area contributed by atoms with E-state index in [1.54, 1.807) is 49.9 Å². The molecule has 8 heteroatoms. The Balaban J connectivity index is 1.73. The Labute approximate surface area is 212 Å². The van der Waals surface area contributed by atoms with Crippen LogP contribution in [0.15, 0.2) is 48.5 Å². The molecule has 1 unspecified atom stereocenters. The van der Waals surface area contributed by atoms with Crippen LogP contribution in [0.25, 0.3) is 0 Å². The van der Waals surface area contributed by atoms with Crippen molar-refractivity contribution in [3.8, 4) is 0 Å². The fourth-order valence-corrected chi connectivity index (χ4v) is 4.47. The molecule has 2 aromatic carbocycles. The SMILES string of the molecule is CC(C)CC(NC(=O)OC(C)(C)C)C(=O)N1CCN(C(c2ccc(F)cc2)c2ccc(F)cc2)CC1. The van der Waals surface area contributed by atoms with Gasteiger partial charge in [-0.15, -0.1) is 0 Å². The second-order valence-corrected chi connectivity index (χ2v) is 10.7. The number of alkyl carbamates (subject to hydrolysis) is 1. The number of nitrogens with zero attached hydrogens (tertiary/aromatic N) is 2. The average Bonchev–Trinajstić information content (AvgIpc) is 2.80. The predicted molar refractivity (Wildman–Crippen MR) is 135 cm³/mol. The van der Waals surface area contributed by atoms with E-state index < -0.39 is 17.7 Å². The molecule has 0 spiro atoms. The highest BCUT2D eigenvalue weighted by Gasteiger charge is 2.33. The monoisotopic (exact) mass is 501 g/mol. The Morgan fingerprint density at radius 2 is 1.36 bits per heavy atom. The molecule has 196 valence electrons. The summed E-state index contributed by atoms with van der Waals surface area (Å²) in [6.07, 6.45) is -0.0978. The first-order chi connectivity index (χ1) is 16.9. The maximum absolute atomic E-state index is 13.6. The fourth-order valence-electron chi connectivity index (χ4n) is 4.47. The van der Waals surface area contributed by atoms with Crippen molar-refractivity contribution in [2.24, 2.45) is 5.92 Å². The summed E-state index contributed by atoms with van der Waals surface area (Å²) in [6.45, 7) is 11.5. The molecule has 6 nitrogen and oxygen atoms in total. The van der Waals surface area contributed by atoms with E-state index in [0.717, 1.165) is 11.1 Å². The molecule has 0 saturated carbocycles. The molecule has 0 bridgehead atoms. The number of rotatable bonds is 7. The highest BCUT2D eigenvalue weighted by atomic mass is 19.1. The van der Waals surface area contributed by atoms with Crippen LogP contribution < -0.4 is 5.32 Å². The molecule has 1 atom stereocenters. The van der Waals surface area contributed by atoms with E-state index in [-0.39, 0.29) is 29.5 Å². The lowest BCUT2D eigenvalue weighted by Gasteiger charge is -2.41. The van der Waals surface area contributed by atoms with Gasteiger partial charge in [-0.2, -0.15) is 0 Å². The van der Waals surface area contributed by atoms with Gasteiger partial charge in [0.25, 0.3) is 0 Å². The Bertz CT molecular complexity index is 966. The standard InChI is InChI=1S/C28H37F2N3O3/c1-19(2)18-24(31-27(35)36-28(3,4)5)26(34)33-16-14-32(15-17-33)25(20-6-10-22(29)11-7-20)21-8-12-23(30)13-9-21/h6-13,19,24-25H,14-18H2,1-5H3,(H,31,35). The molecule has 36 heavy (non-hydrogen) atoms. The van der Waals surface area contributed by atoms with Crippen LogP contribution in [0.1, 0.15) is 58.2 Å². The van der Waals surface area contributed by atoms with Crippen molar-refractivity contribution in [1.29, 1.82) is 0 Å². The summed E-state index contributed by atoms with van der Waals surface area (Å²) in [7, 11) is 0. The molecule has 0 radical (unpaired) electrons. The number of benzene rings is 2. The first kappa shape index (κ1) is 27.6. The minimum atomic E-state index is -0.670. The van der Waals surface area contributed by atoms with Crippen LogP contribution in [0.3, 0.4) is 0 Å². The molecule has 2 amide bonds. The van der Waals surface area contributed by atoms with E-state index in [2.05, 4.69) is 10.2 Å². The molecule has 1 N–H and O–H groups in total. The summed E-state index contributed by atoms with van der Waals surface area (Å²) in [5.41, 5.74) is 1.13. The minimum absolute atomic E-state index is 0.130. The normalized spacial score (nSPS) is 15.8. The number of carbonyl (C=O) groups excluding carboxylic acids is 2. The summed E-state index contributed by atoms with van der Waals surface area (Å²) in [4.78, 5) is 29.7. The molecule has 1 fully saturated rings. The van der Waals surface area contributed by atoms with Gasteiger partial charge in [0, 0.05) is 26.2 Å². The molecule has 1 saturated heterocycles. The summed E-state index contributed by atoms with van der Waals surface area (Å²) < 4.78 is 32.5. The Hall–Kier alpha value is -3.00. The zero-order valence-electron chi connectivity index (χ0n) is 21.8. The molecule has 3 rings (SSSR count). The first-order valence-corrected chi connectivity index (χ1v) is 12.5. The minimum Gasteiger partial charge on any atom is -0.444 e. The van der Waals surface area contributed by atoms with Gasteiger partial charge in [-0.25, -0.2) is 13.6 Å². The summed E-state index contributed by atoms with van der Waals surface area (Å²) in [5.74, 6) is -0.563. The van der Waals surface area contributed by atoms with Gasteiger partial charge >= 0.3 is 6.09 Å². The Morgan fingerprint density at radius 1 is 0.889 bits per heavy atom. The van der Waals surface area contributed by atoms with Gasteiger partial charge in [0.15, 0.2) is 0 Å². The van der Waals surface area contributed by atoms with Crippen LogP contribution in [-0.2, 0) is 9.53 Å². The zero-order chi connectivity index (χ0) is 26.5. The third-order valence-corrected chi connectivity index (χ3v) is 6.06. The lowest BCUT2D eigenvalue weighted by atomic mass is 9.96. The largest absolute Gasteiger partial charge is 0.444 e. The molecule has 1 heterocycles. The molecular formula is C28H37F2N3O3. The Kier molecular flexibility index (Phi) is 9.06. The molecule has 2 aromatic rings. The van der Waals surface area contributed by atoms with Gasteiger partial charge in [-0.3, -0.25) is 9.69 Å². The zero-order valence-corrected chi connectivity index (χ0v) is 21.8. The van der Waals surface area contributed by atoms with Crippen molar-refractivity contribution in [3.63, 3.8) is 0 Å². The maximum Gasteiger partial charge on any atom is 0.408 e. The van der Waals surface area contributed by atoms with Gasteiger partial charge in [0.1, 0.15) is 23.3 Å². The molecular weight excluding hydrogens is 464 g/mol. The van der Waals surface area contributed by atoms with Crippen molar-refractivity contribution in [2.75, 3.05) is 26.2 Å². The molecule has 0 aromatic heterocycles. The van der Waals surface area contributed by atoms with Gasteiger partial charge in [0.2, 0.25) is 5.91 Å².